The lowest BCUT2D eigenvalue weighted by molar-refractivity contribution is -0.384. The average molecular weight is 307 g/mol. The molecule has 0 radical (unpaired) electrons. The number of rotatable bonds is 2. The fourth-order valence-corrected chi connectivity index (χ4v) is 3.46. The lowest BCUT2D eigenvalue weighted by Crippen LogP contribution is -2.21. The van der Waals surface area contributed by atoms with Crippen LogP contribution in [0.2, 0.25) is 0 Å². The quantitative estimate of drug-likeness (QED) is 0.584. The summed E-state index contributed by atoms with van der Waals surface area (Å²) in [7, 11) is 0. The van der Waals surface area contributed by atoms with E-state index >= 15 is 0 Å². The standard InChI is InChI=1S/C18H17N3O2/c22-21(23)15-6-3-5-13(10-15)16-12-19-8-9-20-17-7-2-1-4-14(17)11-18(16)20/h1-7,10-11,16,19H,8-9,12H2. The van der Waals surface area contributed by atoms with E-state index in [0.717, 1.165) is 25.2 Å². The van der Waals surface area contributed by atoms with Crippen LogP contribution < -0.4 is 5.32 Å². The molecule has 0 amide bonds. The van der Waals surface area contributed by atoms with Crippen molar-refractivity contribution in [2.75, 3.05) is 13.1 Å². The smallest absolute Gasteiger partial charge is 0.269 e. The molecule has 1 aliphatic rings. The molecule has 4 rings (SSSR count). The molecule has 0 aliphatic carbocycles. The van der Waals surface area contributed by atoms with Crippen LogP contribution in [0.4, 0.5) is 5.69 Å². The molecular formula is C18H17N3O2. The van der Waals surface area contributed by atoms with Gasteiger partial charge in [-0.3, -0.25) is 10.1 Å². The highest BCUT2D eigenvalue weighted by atomic mass is 16.6. The molecule has 0 bridgehead atoms. The number of nitrogens with one attached hydrogen (secondary N) is 1. The Labute approximate surface area is 133 Å². The summed E-state index contributed by atoms with van der Waals surface area (Å²) in [6.07, 6.45) is 0. The van der Waals surface area contributed by atoms with Crippen molar-refractivity contribution in [1.82, 2.24) is 9.88 Å². The first-order valence-corrected chi connectivity index (χ1v) is 7.77. The van der Waals surface area contributed by atoms with Gasteiger partial charge in [-0.2, -0.15) is 0 Å². The number of non-ortho nitro benzene ring substituents is 1. The molecule has 5 heteroatoms. The predicted octanol–water partition coefficient (Wildman–Crippen LogP) is 3.28. The fourth-order valence-electron chi connectivity index (χ4n) is 3.46. The molecule has 2 heterocycles. The molecule has 23 heavy (non-hydrogen) atoms. The average Bonchev–Trinajstić information content (AvgIpc) is 2.80. The summed E-state index contributed by atoms with van der Waals surface area (Å²) in [5.41, 5.74) is 3.57. The molecule has 1 unspecified atom stereocenters. The fraction of sp³-hybridized carbons (Fsp3) is 0.222. The van der Waals surface area contributed by atoms with Gasteiger partial charge in [-0.25, -0.2) is 0 Å². The zero-order valence-corrected chi connectivity index (χ0v) is 12.6. The van der Waals surface area contributed by atoms with Crippen LogP contribution in [0.1, 0.15) is 17.2 Å². The predicted molar refractivity (Wildman–Crippen MR) is 89.7 cm³/mol. The monoisotopic (exact) mass is 307 g/mol. The molecule has 1 N–H and O–H groups in total. The van der Waals surface area contributed by atoms with Crippen LogP contribution >= 0.6 is 0 Å². The molecule has 1 atom stereocenters. The van der Waals surface area contributed by atoms with E-state index in [9.17, 15) is 10.1 Å². The van der Waals surface area contributed by atoms with Gasteiger partial charge in [-0.05, 0) is 23.1 Å². The van der Waals surface area contributed by atoms with Crippen molar-refractivity contribution in [3.05, 3.63) is 76.0 Å². The third-order valence-electron chi connectivity index (χ3n) is 4.54. The Bertz CT molecular complexity index is 885. The number of benzene rings is 2. The molecule has 116 valence electrons. The zero-order chi connectivity index (χ0) is 15.8. The maximum absolute atomic E-state index is 11.1. The Hall–Kier alpha value is -2.66. The number of aromatic nitrogens is 1. The molecule has 0 spiro atoms. The summed E-state index contributed by atoms with van der Waals surface area (Å²) >= 11 is 0. The highest BCUT2D eigenvalue weighted by Crippen LogP contribution is 2.32. The van der Waals surface area contributed by atoms with Gasteiger partial charge < -0.3 is 9.88 Å². The Morgan fingerprint density at radius 3 is 2.87 bits per heavy atom. The summed E-state index contributed by atoms with van der Waals surface area (Å²) in [6, 6.07) is 17.6. The molecule has 1 aliphatic heterocycles. The second-order valence-corrected chi connectivity index (χ2v) is 5.89. The van der Waals surface area contributed by atoms with E-state index in [1.165, 1.54) is 16.6 Å². The topological polar surface area (TPSA) is 60.1 Å². The minimum Gasteiger partial charge on any atom is -0.343 e. The van der Waals surface area contributed by atoms with Crippen molar-refractivity contribution in [3.63, 3.8) is 0 Å². The van der Waals surface area contributed by atoms with E-state index in [2.05, 4.69) is 34.1 Å². The molecule has 2 aromatic carbocycles. The number of hydrogen-bond donors (Lipinski definition) is 1. The molecule has 0 fully saturated rings. The van der Waals surface area contributed by atoms with Gasteiger partial charge in [0, 0.05) is 48.9 Å². The lowest BCUT2D eigenvalue weighted by Gasteiger charge is -2.16. The van der Waals surface area contributed by atoms with Crippen molar-refractivity contribution < 1.29 is 4.92 Å². The number of fused-ring (bicyclic) bond motifs is 3. The second kappa shape index (κ2) is 5.52. The van der Waals surface area contributed by atoms with Crippen molar-refractivity contribution >= 4 is 16.6 Å². The van der Waals surface area contributed by atoms with Crippen LogP contribution in [0.15, 0.2) is 54.6 Å². The van der Waals surface area contributed by atoms with Gasteiger partial charge in [0.1, 0.15) is 0 Å². The van der Waals surface area contributed by atoms with Crippen LogP contribution in [-0.2, 0) is 6.54 Å². The van der Waals surface area contributed by atoms with E-state index in [-0.39, 0.29) is 16.5 Å². The number of hydrogen-bond acceptors (Lipinski definition) is 3. The second-order valence-electron chi connectivity index (χ2n) is 5.89. The van der Waals surface area contributed by atoms with Crippen LogP contribution in [0.5, 0.6) is 0 Å². The molecule has 0 saturated carbocycles. The Kier molecular flexibility index (Phi) is 3.35. The summed E-state index contributed by atoms with van der Waals surface area (Å²) in [4.78, 5) is 10.7. The number of para-hydroxylation sites is 1. The first-order chi connectivity index (χ1) is 11.2. The van der Waals surface area contributed by atoms with Gasteiger partial charge in [-0.1, -0.05) is 30.3 Å². The van der Waals surface area contributed by atoms with E-state index in [1.54, 1.807) is 18.2 Å². The van der Waals surface area contributed by atoms with Crippen LogP contribution in [0, 0.1) is 10.1 Å². The van der Waals surface area contributed by atoms with Crippen LogP contribution in [0.3, 0.4) is 0 Å². The first kappa shape index (κ1) is 14.0. The van der Waals surface area contributed by atoms with Crippen molar-refractivity contribution in [1.29, 1.82) is 0 Å². The van der Waals surface area contributed by atoms with E-state index in [4.69, 9.17) is 0 Å². The third kappa shape index (κ3) is 2.39. The largest absolute Gasteiger partial charge is 0.343 e. The minimum absolute atomic E-state index is 0.116. The number of nitro groups is 1. The molecule has 5 nitrogen and oxygen atoms in total. The van der Waals surface area contributed by atoms with Crippen molar-refractivity contribution in [3.8, 4) is 0 Å². The summed E-state index contributed by atoms with van der Waals surface area (Å²) in [5, 5.41) is 15.7. The van der Waals surface area contributed by atoms with Gasteiger partial charge in [0.25, 0.3) is 5.69 Å². The Morgan fingerprint density at radius 1 is 1.13 bits per heavy atom. The highest BCUT2D eigenvalue weighted by Gasteiger charge is 2.23. The Balaban J connectivity index is 1.87. The molecule has 0 saturated heterocycles. The third-order valence-corrected chi connectivity index (χ3v) is 4.54. The van der Waals surface area contributed by atoms with Crippen molar-refractivity contribution in [2.24, 2.45) is 0 Å². The highest BCUT2D eigenvalue weighted by molar-refractivity contribution is 5.81. The summed E-state index contributed by atoms with van der Waals surface area (Å²) < 4.78 is 2.33. The summed E-state index contributed by atoms with van der Waals surface area (Å²) in [6.45, 7) is 2.60. The maximum atomic E-state index is 11.1. The van der Waals surface area contributed by atoms with E-state index in [0.29, 0.717) is 0 Å². The maximum Gasteiger partial charge on any atom is 0.269 e. The SMILES string of the molecule is O=[N+]([O-])c1cccc(C2CNCCn3c2cc2ccccc23)c1. The van der Waals surface area contributed by atoms with Crippen LogP contribution in [-0.4, -0.2) is 22.6 Å². The number of nitrogens with zero attached hydrogens (tertiary/aromatic N) is 2. The summed E-state index contributed by atoms with van der Waals surface area (Å²) in [5.74, 6) is 0.116. The lowest BCUT2D eigenvalue weighted by atomic mass is 9.95. The van der Waals surface area contributed by atoms with Gasteiger partial charge in [0.2, 0.25) is 0 Å². The van der Waals surface area contributed by atoms with Gasteiger partial charge >= 0.3 is 0 Å². The zero-order valence-electron chi connectivity index (χ0n) is 12.6. The molecular weight excluding hydrogens is 290 g/mol. The van der Waals surface area contributed by atoms with Crippen LogP contribution in [0.25, 0.3) is 10.9 Å². The Morgan fingerprint density at radius 2 is 2.00 bits per heavy atom. The first-order valence-electron chi connectivity index (χ1n) is 7.77. The molecule has 1 aromatic heterocycles. The van der Waals surface area contributed by atoms with E-state index in [1.807, 2.05) is 12.1 Å². The van der Waals surface area contributed by atoms with Crippen molar-refractivity contribution in [2.45, 2.75) is 12.5 Å². The number of nitro benzene ring substituents is 1. The van der Waals surface area contributed by atoms with Gasteiger partial charge in [-0.15, -0.1) is 0 Å². The minimum atomic E-state index is -0.330. The van der Waals surface area contributed by atoms with Gasteiger partial charge in [0.05, 0.1) is 4.92 Å². The van der Waals surface area contributed by atoms with Gasteiger partial charge in [0.15, 0.2) is 0 Å². The van der Waals surface area contributed by atoms with E-state index < -0.39 is 0 Å². The normalized spacial score (nSPS) is 17.7. The molecule has 3 aromatic rings.